The highest BCUT2D eigenvalue weighted by molar-refractivity contribution is 5.73. The molecule has 1 aromatic carbocycles. The highest BCUT2D eigenvalue weighted by Gasteiger charge is 2.20. The van der Waals surface area contributed by atoms with Gasteiger partial charge in [0, 0.05) is 18.9 Å². The predicted molar refractivity (Wildman–Crippen MR) is 81.5 cm³/mol. The molecule has 112 valence electrons. The number of carboxylic acid groups (broad SMARTS) is 1. The van der Waals surface area contributed by atoms with Gasteiger partial charge in [-0.2, -0.15) is 5.10 Å². The van der Waals surface area contributed by atoms with Crippen LogP contribution in [0.15, 0.2) is 36.7 Å². The molecule has 1 atom stereocenters. The Balaban J connectivity index is 2.16. The first-order valence-electron chi connectivity index (χ1n) is 7.05. The minimum Gasteiger partial charge on any atom is -0.480 e. The van der Waals surface area contributed by atoms with Crippen molar-refractivity contribution >= 4 is 5.97 Å². The van der Waals surface area contributed by atoms with Gasteiger partial charge >= 0.3 is 5.97 Å². The van der Waals surface area contributed by atoms with E-state index < -0.39 is 12.0 Å². The maximum absolute atomic E-state index is 11.2. The second-order valence-corrected chi connectivity index (χ2v) is 5.24. The van der Waals surface area contributed by atoms with Gasteiger partial charge in [-0.05, 0) is 49.7 Å². The van der Waals surface area contributed by atoms with Gasteiger partial charge in [0.05, 0.1) is 5.69 Å². The summed E-state index contributed by atoms with van der Waals surface area (Å²) in [5, 5.41) is 13.4. The van der Waals surface area contributed by atoms with E-state index in [4.69, 9.17) is 0 Å². The SMILES string of the molecule is CCC(C(=O)O)N(C)Cc1ccc(-n2cccn2)cc1C. The fourth-order valence-corrected chi connectivity index (χ4v) is 2.48. The van der Waals surface area contributed by atoms with Crippen molar-refractivity contribution in [3.63, 3.8) is 0 Å². The molecule has 1 aromatic heterocycles. The van der Waals surface area contributed by atoms with E-state index in [0.29, 0.717) is 13.0 Å². The van der Waals surface area contributed by atoms with Gasteiger partial charge in [-0.15, -0.1) is 0 Å². The molecule has 0 spiro atoms. The molecule has 21 heavy (non-hydrogen) atoms. The first-order chi connectivity index (χ1) is 10.0. The van der Waals surface area contributed by atoms with E-state index in [1.807, 2.05) is 54.9 Å². The summed E-state index contributed by atoms with van der Waals surface area (Å²) in [6, 6.07) is 7.55. The maximum Gasteiger partial charge on any atom is 0.320 e. The van der Waals surface area contributed by atoms with Crippen molar-refractivity contribution in [3.8, 4) is 5.69 Å². The summed E-state index contributed by atoms with van der Waals surface area (Å²) < 4.78 is 1.81. The fraction of sp³-hybridized carbons (Fsp3) is 0.375. The number of likely N-dealkylation sites (N-methyl/N-ethyl adjacent to an activating group) is 1. The summed E-state index contributed by atoms with van der Waals surface area (Å²) in [5.41, 5.74) is 3.28. The molecule has 0 bridgehead atoms. The molecular weight excluding hydrogens is 266 g/mol. The second kappa shape index (κ2) is 6.54. The lowest BCUT2D eigenvalue weighted by Crippen LogP contribution is -2.37. The average molecular weight is 287 g/mol. The molecule has 0 aliphatic rings. The number of hydrogen-bond acceptors (Lipinski definition) is 3. The third kappa shape index (κ3) is 3.49. The summed E-state index contributed by atoms with van der Waals surface area (Å²) in [6.45, 7) is 4.55. The van der Waals surface area contributed by atoms with Crippen molar-refractivity contribution in [3.05, 3.63) is 47.8 Å². The first kappa shape index (κ1) is 15.3. The third-order valence-electron chi connectivity index (χ3n) is 3.72. The Hall–Kier alpha value is -2.14. The Labute approximate surface area is 124 Å². The van der Waals surface area contributed by atoms with Gasteiger partial charge in [-0.1, -0.05) is 13.0 Å². The maximum atomic E-state index is 11.2. The predicted octanol–water partition coefficient (Wildman–Crippen LogP) is 2.48. The molecule has 0 aliphatic carbocycles. The fourth-order valence-electron chi connectivity index (χ4n) is 2.48. The normalized spacial score (nSPS) is 12.6. The van der Waals surface area contributed by atoms with Gasteiger partial charge in [0.1, 0.15) is 6.04 Å². The highest BCUT2D eigenvalue weighted by atomic mass is 16.4. The van der Waals surface area contributed by atoms with Crippen molar-refractivity contribution in [2.45, 2.75) is 32.9 Å². The van der Waals surface area contributed by atoms with Crippen LogP contribution in [0.1, 0.15) is 24.5 Å². The van der Waals surface area contributed by atoms with Gasteiger partial charge in [-0.3, -0.25) is 9.69 Å². The minimum absolute atomic E-state index is 0.449. The number of carbonyl (C=O) groups is 1. The number of aromatic nitrogens is 2. The van der Waals surface area contributed by atoms with Crippen LogP contribution in [0, 0.1) is 6.92 Å². The van der Waals surface area contributed by atoms with E-state index in [1.165, 1.54) is 0 Å². The summed E-state index contributed by atoms with van der Waals surface area (Å²) in [7, 11) is 1.85. The number of nitrogens with zero attached hydrogens (tertiary/aromatic N) is 3. The van der Waals surface area contributed by atoms with Crippen LogP contribution in [0.5, 0.6) is 0 Å². The third-order valence-corrected chi connectivity index (χ3v) is 3.72. The van der Waals surface area contributed by atoms with Crippen molar-refractivity contribution in [2.24, 2.45) is 0 Å². The standard InChI is InChI=1S/C16H21N3O2/c1-4-15(16(20)21)18(3)11-13-6-7-14(10-12(13)2)19-9-5-8-17-19/h5-10,15H,4,11H2,1-3H3,(H,20,21). The van der Waals surface area contributed by atoms with Crippen LogP contribution in [-0.2, 0) is 11.3 Å². The van der Waals surface area contributed by atoms with Gasteiger partial charge < -0.3 is 5.11 Å². The number of carboxylic acids is 1. The van der Waals surface area contributed by atoms with Crippen LogP contribution in [0.2, 0.25) is 0 Å². The van der Waals surface area contributed by atoms with E-state index in [2.05, 4.69) is 11.2 Å². The molecule has 0 saturated heterocycles. The quantitative estimate of drug-likeness (QED) is 0.886. The van der Waals surface area contributed by atoms with Crippen LogP contribution in [-0.4, -0.2) is 38.8 Å². The number of aliphatic carboxylic acids is 1. The van der Waals surface area contributed by atoms with E-state index in [9.17, 15) is 9.90 Å². The van der Waals surface area contributed by atoms with E-state index in [-0.39, 0.29) is 0 Å². The van der Waals surface area contributed by atoms with Crippen LogP contribution >= 0.6 is 0 Å². The zero-order chi connectivity index (χ0) is 15.4. The largest absolute Gasteiger partial charge is 0.480 e. The Kier molecular flexibility index (Phi) is 4.75. The Morgan fingerprint density at radius 2 is 2.24 bits per heavy atom. The van der Waals surface area contributed by atoms with Crippen molar-refractivity contribution in [2.75, 3.05) is 7.05 Å². The molecule has 0 saturated carbocycles. The van der Waals surface area contributed by atoms with Crippen LogP contribution in [0.25, 0.3) is 5.69 Å². The highest BCUT2D eigenvalue weighted by Crippen LogP contribution is 2.17. The smallest absolute Gasteiger partial charge is 0.320 e. The lowest BCUT2D eigenvalue weighted by Gasteiger charge is -2.24. The van der Waals surface area contributed by atoms with Crippen molar-refractivity contribution in [1.82, 2.24) is 14.7 Å². The van der Waals surface area contributed by atoms with E-state index in [1.54, 1.807) is 6.20 Å². The molecule has 1 heterocycles. The van der Waals surface area contributed by atoms with E-state index in [0.717, 1.165) is 16.8 Å². The summed E-state index contributed by atoms with van der Waals surface area (Å²) in [6.07, 6.45) is 4.24. The topological polar surface area (TPSA) is 58.4 Å². The zero-order valence-corrected chi connectivity index (χ0v) is 12.7. The van der Waals surface area contributed by atoms with Crippen molar-refractivity contribution in [1.29, 1.82) is 0 Å². The van der Waals surface area contributed by atoms with Gasteiger partial charge in [0.2, 0.25) is 0 Å². The first-order valence-corrected chi connectivity index (χ1v) is 7.05. The lowest BCUT2D eigenvalue weighted by molar-refractivity contribution is -0.143. The molecule has 1 unspecified atom stereocenters. The summed E-state index contributed by atoms with van der Waals surface area (Å²) >= 11 is 0. The van der Waals surface area contributed by atoms with Gasteiger partial charge in [-0.25, -0.2) is 4.68 Å². The van der Waals surface area contributed by atoms with Crippen LogP contribution in [0.4, 0.5) is 0 Å². The monoisotopic (exact) mass is 287 g/mol. The summed E-state index contributed by atoms with van der Waals surface area (Å²) in [4.78, 5) is 13.1. The lowest BCUT2D eigenvalue weighted by atomic mass is 10.1. The molecule has 2 aromatic rings. The number of rotatable bonds is 6. The number of hydrogen-bond donors (Lipinski definition) is 1. The Morgan fingerprint density at radius 3 is 2.76 bits per heavy atom. The summed E-state index contributed by atoms with van der Waals surface area (Å²) in [5.74, 6) is -0.772. The van der Waals surface area contributed by atoms with Gasteiger partial charge in [0.25, 0.3) is 0 Å². The molecule has 5 nitrogen and oxygen atoms in total. The molecule has 1 N–H and O–H groups in total. The van der Waals surface area contributed by atoms with Gasteiger partial charge in [0.15, 0.2) is 0 Å². The molecule has 0 fully saturated rings. The zero-order valence-electron chi connectivity index (χ0n) is 12.7. The van der Waals surface area contributed by atoms with Crippen LogP contribution < -0.4 is 0 Å². The molecular formula is C16H21N3O2. The molecule has 2 rings (SSSR count). The van der Waals surface area contributed by atoms with E-state index >= 15 is 0 Å². The molecule has 5 heteroatoms. The number of aryl methyl sites for hydroxylation is 1. The second-order valence-electron chi connectivity index (χ2n) is 5.24. The minimum atomic E-state index is -0.772. The molecule has 0 amide bonds. The average Bonchev–Trinajstić information content (AvgIpc) is 2.95. The Bertz CT molecular complexity index is 608. The van der Waals surface area contributed by atoms with Crippen LogP contribution in [0.3, 0.4) is 0 Å². The van der Waals surface area contributed by atoms with Crippen molar-refractivity contribution < 1.29 is 9.90 Å². The Morgan fingerprint density at radius 1 is 1.48 bits per heavy atom. The molecule has 0 radical (unpaired) electrons. The molecule has 0 aliphatic heterocycles. The number of benzene rings is 1.